The van der Waals surface area contributed by atoms with Gasteiger partial charge in [-0.05, 0) is 29.8 Å². The number of methoxy groups -OCH3 is 1. The molecule has 0 aliphatic carbocycles. The number of halogens is 4. The predicted octanol–water partition coefficient (Wildman–Crippen LogP) is 3.73. The highest BCUT2D eigenvalue weighted by Crippen LogP contribution is 2.35. The maximum absolute atomic E-state index is 13.3. The first-order valence-corrected chi connectivity index (χ1v) is 7.49. The third-order valence-electron chi connectivity index (χ3n) is 2.83. The minimum atomic E-state index is -5.90. The molecule has 0 aromatic heterocycles. The van der Waals surface area contributed by atoms with Crippen LogP contribution in [0, 0.1) is 5.82 Å². The summed E-state index contributed by atoms with van der Waals surface area (Å²) in [5, 5.41) is 0. The summed E-state index contributed by atoms with van der Waals surface area (Å²) >= 11 is 0. The van der Waals surface area contributed by atoms with Crippen LogP contribution in [0.2, 0.25) is 0 Å². The summed E-state index contributed by atoms with van der Waals surface area (Å²) in [6.07, 6.45) is 0. The monoisotopic (exact) mass is 350 g/mol. The van der Waals surface area contributed by atoms with Crippen LogP contribution >= 0.6 is 0 Å². The summed E-state index contributed by atoms with van der Waals surface area (Å²) in [4.78, 5) is 0. The second-order valence-electron chi connectivity index (χ2n) is 4.35. The van der Waals surface area contributed by atoms with Gasteiger partial charge in [0.15, 0.2) is 5.75 Å². The highest BCUT2D eigenvalue weighted by molar-refractivity contribution is 7.88. The lowest BCUT2D eigenvalue weighted by Gasteiger charge is -2.13. The van der Waals surface area contributed by atoms with E-state index < -0.39 is 27.2 Å². The second-order valence-corrected chi connectivity index (χ2v) is 5.89. The van der Waals surface area contributed by atoms with Gasteiger partial charge >= 0.3 is 15.6 Å². The SMILES string of the molecule is COc1ccc(-c2ccc(F)cc2OS(=O)(=O)C(F)(F)F)cc1. The van der Waals surface area contributed by atoms with Crippen molar-refractivity contribution in [1.82, 2.24) is 0 Å². The molecule has 0 heterocycles. The van der Waals surface area contributed by atoms with Gasteiger partial charge in [0.25, 0.3) is 0 Å². The maximum atomic E-state index is 13.3. The Balaban J connectivity index is 2.49. The summed E-state index contributed by atoms with van der Waals surface area (Å²) in [6.45, 7) is 0. The molecule has 0 bridgehead atoms. The number of alkyl halides is 3. The van der Waals surface area contributed by atoms with E-state index in [1.807, 2.05) is 0 Å². The zero-order chi connectivity index (χ0) is 17.3. The molecule has 0 spiro atoms. The minimum absolute atomic E-state index is 0.0121. The summed E-state index contributed by atoms with van der Waals surface area (Å²) in [5.41, 5.74) is -5.30. The van der Waals surface area contributed by atoms with Crippen molar-refractivity contribution in [1.29, 1.82) is 0 Å². The highest BCUT2D eigenvalue weighted by Gasteiger charge is 2.48. The number of rotatable bonds is 4. The molecule has 0 unspecified atom stereocenters. The zero-order valence-electron chi connectivity index (χ0n) is 11.6. The molecule has 2 aromatic rings. The summed E-state index contributed by atoms with van der Waals surface area (Å²) in [7, 11) is -4.47. The van der Waals surface area contributed by atoms with E-state index in [1.165, 1.54) is 31.4 Å². The average Bonchev–Trinajstić information content (AvgIpc) is 2.46. The van der Waals surface area contributed by atoms with Crippen LogP contribution in [-0.2, 0) is 10.1 Å². The normalized spacial score (nSPS) is 12.0. The Morgan fingerprint density at radius 3 is 2.13 bits per heavy atom. The van der Waals surface area contributed by atoms with Gasteiger partial charge < -0.3 is 8.92 Å². The lowest BCUT2D eigenvalue weighted by atomic mass is 10.0. The number of benzene rings is 2. The first kappa shape index (κ1) is 17.1. The summed E-state index contributed by atoms with van der Waals surface area (Å²) < 4.78 is 81.8. The smallest absolute Gasteiger partial charge is 0.497 e. The van der Waals surface area contributed by atoms with Crippen molar-refractivity contribution < 1.29 is 34.9 Å². The molecule has 0 saturated heterocycles. The van der Waals surface area contributed by atoms with E-state index >= 15 is 0 Å². The molecule has 0 fully saturated rings. The predicted molar refractivity (Wildman–Crippen MR) is 74.0 cm³/mol. The van der Waals surface area contributed by atoms with E-state index in [-0.39, 0.29) is 5.56 Å². The summed E-state index contributed by atoms with van der Waals surface area (Å²) in [5.74, 6) is -1.21. The highest BCUT2D eigenvalue weighted by atomic mass is 32.2. The van der Waals surface area contributed by atoms with Gasteiger partial charge in [-0.1, -0.05) is 12.1 Å². The van der Waals surface area contributed by atoms with Crippen LogP contribution in [-0.4, -0.2) is 21.0 Å². The van der Waals surface area contributed by atoms with E-state index in [1.54, 1.807) is 0 Å². The van der Waals surface area contributed by atoms with Gasteiger partial charge in [0.2, 0.25) is 0 Å². The third-order valence-corrected chi connectivity index (χ3v) is 3.79. The van der Waals surface area contributed by atoms with Crippen LogP contribution in [0.15, 0.2) is 42.5 Å². The Hall–Kier alpha value is -2.29. The van der Waals surface area contributed by atoms with Crippen molar-refractivity contribution in [2.75, 3.05) is 7.11 Å². The van der Waals surface area contributed by atoms with Gasteiger partial charge in [-0.25, -0.2) is 4.39 Å². The molecule has 0 atom stereocenters. The van der Waals surface area contributed by atoms with Crippen LogP contribution in [0.3, 0.4) is 0 Å². The minimum Gasteiger partial charge on any atom is -0.497 e. The number of hydrogen-bond donors (Lipinski definition) is 0. The molecule has 0 aliphatic heterocycles. The molecule has 0 aliphatic rings. The molecule has 124 valence electrons. The van der Waals surface area contributed by atoms with Gasteiger partial charge in [0, 0.05) is 11.6 Å². The van der Waals surface area contributed by atoms with E-state index in [0.29, 0.717) is 17.4 Å². The van der Waals surface area contributed by atoms with Gasteiger partial charge in [0.05, 0.1) is 7.11 Å². The molecule has 2 rings (SSSR count). The standard InChI is InChI=1S/C14H10F4O4S/c1-21-11-5-2-9(3-6-11)12-7-4-10(15)8-13(12)22-23(19,20)14(16,17)18/h2-8H,1H3. The van der Waals surface area contributed by atoms with Gasteiger partial charge in [-0.2, -0.15) is 21.6 Å². The van der Waals surface area contributed by atoms with Crippen molar-refractivity contribution >= 4 is 10.1 Å². The zero-order valence-corrected chi connectivity index (χ0v) is 12.4. The average molecular weight is 350 g/mol. The lowest BCUT2D eigenvalue weighted by molar-refractivity contribution is -0.0499. The maximum Gasteiger partial charge on any atom is 0.534 e. The molecule has 2 aromatic carbocycles. The molecule has 0 N–H and O–H groups in total. The number of hydrogen-bond acceptors (Lipinski definition) is 4. The molecule has 0 radical (unpaired) electrons. The van der Waals surface area contributed by atoms with Gasteiger partial charge in [0.1, 0.15) is 11.6 Å². The third kappa shape index (κ3) is 3.73. The van der Waals surface area contributed by atoms with Crippen LogP contribution in [0.4, 0.5) is 17.6 Å². The van der Waals surface area contributed by atoms with Gasteiger partial charge in [-0.15, -0.1) is 0 Å². The van der Waals surface area contributed by atoms with Crippen molar-refractivity contribution in [2.45, 2.75) is 5.51 Å². The topological polar surface area (TPSA) is 52.6 Å². The fourth-order valence-electron chi connectivity index (χ4n) is 1.74. The Labute approximate surface area is 129 Å². The Kier molecular flexibility index (Phi) is 4.51. The number of ether oxygens (including phenoxy) is 1. The van der Waals surface area contributed by atoms with Crippen molar-refractivity contribution in [3.05, 3.63) is 48.3 Å². The quantitative estimate of drug-likeness (QED) is 0.479. The summed E-state index contributed by atoms with van der Waals surface area (Å²) in [6, 6.07) is 8.65. The first-order chi connectivity index (χ1) is 10.6. The van der Waals surface area contributed by atoms with Crippen LogP contribution in [0.1, 0.15) is 0 Å². The fourth-order valence-corrected chi connectivity index (χ4v) is 2.21. The first-order valence-electron chi connectivity index (χ1n) is 6.09. The molecule has 4 nitrogen and oxygen atoms in total. The van der Waals surface area contributed by atoms with Crippen LogP contribution < -0.4 is 8.92 Å². The van der Waals surface area contributed by atoms with E-state index in [4.69, 9.17) is 4.74 Å². The lowest BCUT2D eigenvalue weighted by Crippen LogP contribution is -2.28. The molecule has 23 heavy (non-hydrogen) atoms. The molecule has 0 amide bonds. The Morgan fingerprint density at radius 1 is 1.00 bits per heavy atom. The molecule has 9 heteroatoms. The largest absolute Gasteiger partial charge is 0.534 e. The van der Waals surface area contributed by atoms with Crippen molar-refractivity contribution in [2.24, 2.45) is 0 Å². The van der Waals surface area contributed by atoms with Gasteiger partial charge in [-0.3, -0.25) is 0 Å². The van der Waals surface area contributed by atoms with E-state index in [9.17, 15) is 26.0 Å². The van der Waals surface area contributed by atoms with E-state index in [0.717, 1.165) is 12.1 Å². The van der Waals surface area contributed by atoms with E-state index in [2.05, 4.69) is 4.18 Å². The molecule has 0 saturated carbocycles. The Morgan fingerprint density at radius 2 is 1.61 bits per heavy atom. The van der Waals surface area contributed by atoms with Crippen LogP contribution in [0.25, 0.3) is 11.1 Å². The second kappa shape index (κ2) is 6.07. The van der Waals surface area contributed by atoms with Crippen LogP contribution in [0.5, 0.6) is 11.5 Å². The fraction of sp³-hybridized carbons (Fsp3) is 0.143. The molecular weight excluding hydrogens is 340 g/mol. The molecular formula is C14H10F4O4S. The van der Waals surface area contributed by atoms with Crippen molar-refractivity contribution in [3.63, 3.8) is 0 Å². The Bertz CT molecular complexity index is 799. The van der Waals surface area contributed by atoms with Crippen molar-refractivity contribution in [3.8, 4) is 22.6 Å².